The number of nitrogens with zero attached hydrogens (tertiary/aromatic N) is 1. The number of anilines is 1. The average molecular weight is 386 g/mol. The Hall–Kier alpha value is -0.910. The van der Waals surface area contributed by atoms with Gasteiger partial charge in [0, 0.05) is 11.1 Å². The summed E-state index contributed by atoms with van der Waals surface area (Å²) >= 11 is 30.1. The molecule has 0 aliphatic heterocycles. The number of aromatic carboxylic acids is 1. The van der Waals surface area contributed by atoms with Crippen LogP contribution in [0.4, 0.5) is 5.82 Å². The van der Waals surface area contributed by atoms with Crippen LogP contribution >= 0.6 is 58.0 Å². The molecule has 1 aromatic carbocycles. The number of carboxylic acids is 1. The van der Waals surface area contributed by atoms with Crippen LogP contribution in [-0.4, -0.2) is 16.1 Å². The van der Waals surface area contributed by atoms with Crippen LogP contribution in [0.3, 0.4) is 0 Å². The van der Waals surface area contributed by atoms with Crippen LogP contribution in [0.15, 0.2) is 12.1 Å². The molecule has 0 bridgehead atoms. The second kappa shape index (κ2) is 6.07. The molecule has 21 heavy (non-hydrogen) atoms. The van der Waals surface area contributed by atoms with Gasteiger partial charge in [-0.3, -0.25) is 0 Å². The maximum Gasteiger partial charge on any atom is 0.354 e. The third-order valence-electron chi connectivity index (χ3n) is 2.62. The Bertz CT molecular complexity index is 735. The number of nitrogens with two attached hydrogens (primary N) is 1. The van der Waals surface area contributed by atoms with Crippen molar-refractivity contribution in [2.75, 3.05) is 5.73 Å². The lowest BCUT2D eigenvalue weighted by Gasteiger charge is -2.14. The number of carboxylic acid groups (broad SMARTS) is 1. The van der Waals surface area contributed by atoms with Gasteiger partial charge in [-0.05, 0) is 12.1 Å². The topological polar surface area (TPSA) is 76.2 Å². The van der Waals surface area contributed by atoms with E-state index in [1.54, 1.807) is 0 Å². The molecule has 2 aromatic rings. The largest absolute Gasteiger partial charge is 0.477 e. The van der Waals surface area contributed by atoms with E-state index in [0.717, 1.165) is 0 Å². The van der Waals surface area contributed by atoms with Crippen molar-refractivity contribution in [3.63, 3.8) is 0 Å². The van der Waals surface area contributed by atoms with E-state index in [0.29, 0.717) is 5.56 Å². The van der Waals surface area contributed by atoms with Crippen LogP contribution in [0, 0.1) is 0 Å². The number of carbonyl (C=O) groups is 1. The molecule has 0 spiro atoms. The molecule has 9 heteroatoms. The number of hydrogen-bond donors (Lipinski definition) is 2. The summed E-state index contributed by atoms with van der Waals surface area (Å²) in [6, 6.07) is 2.68. The lowest BCUT2D eigenvalue weighted by molar-refractivity contribution is 0.0690. The number of pyridine rings is 1. The van der Waals surface area contributed by atoms with E-state index < -0.39 is 5.97 Å². The number of aromatic nitrogens is 1. The van der Waals surface area contributed by atoms with Crippen LogP contribution in [0.5, 0.6) is 0 Å². The van der Waals surface area contributed by atoms with Crippen LogP contribution in [0.1, 0.15) is 10.5 Å². The third-order valence-corrected chi connectivity index (χ3v) is 4.90. The number of halogens is 5. The number of benzene rings is 1. The molecule has 0 aliphatic carbocycles. The molecule has 0 atom stereocenters. The van der Waals surface area contributed by atoms with E-state index in [9.17, 15) is 4.79 Å². The Morgan fingerprint density at radius 1 is 0.952 bits per heavy atom. The van der Waals surface area contributed by atoms with E-state index in [-0.39, 0.29) is 42.2 Å². The van der Waals surface area contributed by atoms with E-state index >= 15 is 0 Å². The van der Waals surface area contributed by atoms with E-state index in [1.165, 1.54) is 12.1 Å². The Balaban J connectivity index is 2.77. The van der Waals surface area contributed by atoms with Crippen molar-refractivity contribution < 1.29 is 9.90 Å². The molecule has 1 aromatic heterocycles. The molecule has 0 fully saturated rings. The third kappa shape index (κ3) is 2.87. The summed E-state index contributed by atoms with van der Waals surface area (Å²) in [6.07, 6.45) is 0. The first-order chi connectivity index (χ1) is 9.75. The van der Waals surface area contributed by atoms with Crippen LogP contribution < -0.4 is 5.73 Å². The summed E-state index contributed by atoms with van der Waals surface area (Å²) in [4.78, 5) is 14.6. The zero-order valence-electron chi connectivity index (χ0n) is 9.92. The summed E-state index contributed by atoms with van der Waals surface area (Å²) in [7, 11) is 0. The minimum atomic E-state index is -1.21. The second-order valence-electron chi connectivity index (χ2n) is 3.88. The van der Waals surface area contributed by atoms with Crippen molar-refractivity contribution in [2.45, 2.75) is 0 Å². The van der Waals surface area contributed by atoms with E-state index in [4.69, 9.17) is 68.8 Å². The molecule has 2 rings (SSSR count). The standard InChI is InChI=1S/C12H5Cl5N2O2/c13-6-5(7(14)9(16)10(17)8(6)15)3-1-2-4(12(20)21)19-11(3)18/h1-2H,(H2,18,19)(H,20,21). The molecule has 3 N–H and O–H groups in total. The molecule has 110 valence electrons. The minimum Gasteiger partial charge on any atom is -0.477 e. The predicted molar refractivity (Wildman–Crippen MR) is 86.1 cm³/mol. The molecule has 1 heterocycles. The second-order valence-corrected chi connectivity index (χ2v) is 5.77. The number of rotatable bonds is 2. The molecule has 0 radical (unpaired) electrons. The van der Waals surface area contributed by atoms with Crippen molar-refractivity contribution in [1.82, 2.24) is 4.98 Å². The zero-order chi connectivity index (χ0) is 15.9. The molecule has 0 unspecified atom stereocenters. The molecule has 0 aliphatic rings. The first-order valence-electron chi connectivity index (χ1n) is 5.27. The highest BCUT2D eigenvalue weighted by molar-refractivity contribution is 6.56. The Labute approximate surface area is 144 Å². The highest BCUT2D eigenvalue weighted by Gasteiger charge is 2.22. The van der Waals surface area contributed by atoms with Crippen LogP contribution in [0.2, 0.25) is 25.1 Å². The molecular weight excluding hydrogens is 381 g/mol. The Morgan fingerprint density at radius 2 is 1.43 bits per heavy atom. The summed E-state index contributed by atoms with van der Waals surface area (Å²) in [5.41, 5.74) is 6.08. The summed E-state index contributed by atoms with van der Waals surface area (Å²) < 4.78 is 0. The van der Waals surface area contributed by atoms with Gasteiger partial charge in [0.2, 0.25) is 0 Å². The van der Waals surface area contributed by atoms with Crippen LogP contribution in [0.25, 0.3) is 11.1 Å². The average Bonchev–Trinajstić information content (AvgIpc) is 2.44. The Morgan fingerprint density at radius 3 is 1.86 bits per heavy atom. The van der Waals surface area contributed by atoms with Crippen LogP contribution in [-0.2, 0) is 0 Å². The molecular formula is C12H5Cl5N2O2. The fourth-order valence-corrected chi connectivity index (χ4v) is 2.99. The van der Waals surface area contributed by atoms with Gasteiger partial charge < -0.3 is 10.8 Å². The van der Waals surface area contributed by atoms with Gasteiger partial charge in [0.05, 0.1) is 25.1 Å². The monoisotopic (exact) mass is 384 g/mol. The quantitative estimate of drug-likeness (QED) is 0.543. The molecule has 0 saturated carbocycles. The zero-order valence-corrected chi connectivity index (χ0v) is 13.7. The number of hydrogen-bond acceptors (Lipinski definition) is 3. The van der Waals surface area contributed by atoms with Crippen molar-refractivity contribution in [3.8, 4) is 11.1 Å². The predicted octanol–water partition coefficient (Wildman–Crippen LogP) is 5.30. The van der Waals surface area contributed by atoms with Gasteiger partial charge >= 0.3 is 5.97 Å². The lowest BCUT2D eigenvalue weighted by Crippen LogP contribution is -2.04. The SMILES string of the molecule is Nc1nc(C(=O)O)ccc1-c1c(Cl)c(Cl)c(Cl)c(Cl)c1Cl. The first kappa shape index (κ1) is 16.5. The smallest absolute Gasteiger partial charge is 0.354 e. The van der Waals surface area contributed by atoms with Gasteiger partial charge in [0.1, 0.15) is 5.82 Å². The summed E-state index contributed by atoms with van der Waals surface area (Å²) in [5, 5.41) is 9.03. The highest BCUT2D eigenvalue weighted by Crippen LogP contribution is 2.49. The van der Waals surface area contributed by atoms with Gasteiger partial charge in [0.15, 0.2) is 5.69 Å². The van der Waals surface area contributed by atoms with E-state index in [2.05, 4.69) is 4.98 Å². The normalized spacial score (nSPS) is 10.7. The molecule has 4 nitrogen and oxygen atoms in total. The minimum absolute atomic E-state index is 0.0180. The van der Waals surface area contributed by atoms with Gasteiger partial charge in [-0.15, -0.1) is 0 Å². The van der Waals surface area contributed by atoms with Crippen molar-refractivity contribution in [1.29, 1.82) is 0 Å². The fraction of sp³-hybridized carbons (Fsp3) is 0. The fourth-order valence-electron chi connectivity index (χ4n) is 1.65. The van der Waals surface area contributed by atoms with E-state index in [1.807, 2.05) is 0 Å². The van der Waals surface area contributed by atoms with Gasteiger partial charge in [-0.2, -0.15) is 0 Å². The lowest BCUT2D eigenvalue weighted by atomic mass is 10.1. The first-order valence-corrected chi connectivity index (χ1v) is 7.16. The highest BCUT2D eigenvalue weighted by atomic mass is 35.5. The van der Waals surface area contributed by atoms with Gasteiger partial charge in [-0.25, -0.2) is 9.78 Å². The van der Waals surface area contributed by atoms with Crippen molar-refractivity contribution in [2.24, 2.45) is 0 Å². The summed E-state index contributed by atoms with van der Waals surface area (Å²) in [6.45, 7) is 0. The van der Waals surface area contributed by atoms with Crippen molar-refractivity contribution in [3.05, 3.63) is 42.9 Å². The summed E-state index contributed by atoms with van der Waals surface area (Å²) in [5.74, 6) is -1.29. The molecule has 0 saturated heterocycles. The maximum atomic E-state index is 10.9. The number of nitrogen functional groups attached to an aromatic ring is 1. The van der Waals surface area contributed by atoms with Crippen molar-refractivity contribution >= 4 is 69.8 Å². The van der Waals surface area contributed by atoms with Gasteiger partial charge in [-0.1, -0.05) is 58.0 Å². The maximum absolute atomic E-state index is 10.9. The van der Waals surface area contributed by atoms with Gasteiger partial charge in [0.25, 0.3) is 0 Å². The Kier molecular flexibility index (Phi) is 4.76. The molecule has 0 amide bonds.